The van der Waals surface area contributed by atoms with E-state index < -0.39 is 5.82 Å². The second-order valence-electron chi connectivity index (χ2n) is 6.23. The third-order valence-corrected chi connectivity index (χ3v) is 5.34. The molecule has 1 atom stereocenters. The molecule has 0 aromatic heterocycles. The first-order valence-corrected chi connectivity index (χ1v) is 8.20. The van der Waals surface area contributed by atoms with E-state index in [-0.39, 0.29) is 11.1 Å². The second kappa shape index (κ2) is 5.82. The molecule has 1 aromatic carbocycles. The maximum absolute atomic E-state index is 13.6. The lowest BCUT2D eigenvalue weighted by molar-refractivity contribution is 0.362. The van der Waals surface area contributed by atoms with Crippen LogP contribution in [0.3, 0.4) is 0 Å². The molecule has 1 unspecified atom stereocenters. The Morgan fingerprint density at radius 3 is 2.35 bits per heavy atom. The van der Waals surface area contributed by atoms with Crippen molar-refractivity contribution >= 4 is 23.2 Å². The minimum absolute atomic E-state index is 0.0225. The van der Waals surface area contributed by atoms with E-state index in [9.17, 15) is 4.39 Å². The maximum atomic E-state index is 13.6. The molecule has 0 saturated heterocycles. The van der Waals surface area contributed by atoms with Crippen LogP contribution in [0.1, 0.15) is 44.2 Å². The molecular weight excluding hydrogens is 296 g/mol. The fourth-order valence-corrected chi connectivity index (χ4v) is 3.82. The molecule has 2 fully saturated rings. The molecule has 2 aliphatic carbocycles. The van der Waals surface area contributed by atoms with Crippen molar-refractivity contribution in [3.8, 4) is 0 Å². The summed E-state index contributed by atoms with van der Waals surface area (Å²) in [6.07, 6.45) is 5.49. The fraction of sp³-hybridized carbons (Fsp3) is 0.625. The highest BCUT2D eigenvalue weighted by Crippen LogP contribution is 2.49. The Bertz CT molecular complexity index is 485. The zero-order valence-corrected chi connectivity index (χ0v) is 13.1. The van der Waals surface area contributed by atoms with Gasteiger partial charge in [-0.1, -0.05) is 23.2 Å². The van der Waals surface area contributed by atoms with E-state index in [1.54, 1.807) is 6.07 Å². The van der Waals surface area contributed by atoms with Crippen molar-refractivity contribution in [3.05, 3.63) is 33.6 Å². The number of rotatable bonds is 6. The summed E-state index contributed by atoms with van der Waals surface area (Å²) in [5.74, 6) is 2.19. The first kappa shape index (κ1) is 14.6. The average molecular weight is 316 g/mol. The molecule has 0 amide bonds. The summed E-state index contributed by atoms with van der Waals surface area (Å²) in [6.45, 7) is 2.99. The van der Waals surface area contributed by atoms with Crippen LogP contribution in [-0.2, 0) is 0 Å². The summed E-state index contributed by atoms with van der Waals surface area (Å²) in [5, 5.41) is 4.19. The molecule has 4 heteroatoms. The van der Waals surface area contributed by atoms with Gasteiger partial charge in [0, 0.05) is 16.6 Å². The quantitative estimate of drug-likeness (QED) is 0.710. The fourth-order valence-electron chi connectivity index (χ4n) is 3.12. The van der Waals surface area contributed by atoms with E-state index in [0.717, 1.165) is 24.3 Å². The highest BCUT2D eigenvalue weighted by molar-refractivity contribution is 6.36. The van der Waals surface area contributed by atoms with Crippen LogP contribution < -0.4 is 5.32 Å². The number of halogens is 3. The summed E-state index contributed by atoms with van der Waals surface area (Å²) in [5.41, 5.74) is 0.679. The van der Waals surface area contributed by atoms with Gasteiger partial charge in [0.05, 0.1) is 5.02 Å². The molecule has 110 valence electrons. The van der Waals surface area contributed by atoms with Crippen LogP contribution in [0.2, 0.25) is 10.0 Å². The first-order valence-electron chi connectivity index (χ1n) is 7.44. The van der Waals surface area contributed by atoms with Crippen LogP contribution in [-0.4, -0.2) is 6.54 Å². The van der Waals surface area contributed by atoms with Gasteiger partial charge >= 0.3 is 0 Å². The topological polar surface area (TPSA) is 12.0 Å². The van der Waals surface area contributed by atoms with Gasteiger partial charge in [-0.25, -0.2) is 4.39 Å². The standard InChI is InChI=1S/C16H20Cl2FN/c1-9(15-13(17)6-7-14(19)16(15)18)20-8-12(10-2-3-10)11-4-5-11/h6-7,9-12,20H,2-5,8H2,1H3. The highest BCUT2D eigenvalue weighted by Gasteiger charge is 2.41. The molecule has 0 radical (unpaired) electrons. The van der Waals surface area contributed by atoms with Gasteiger partial charge in [0.1, 0.15) is 5.82 Å². The summed E-state index contributed by atoms with van der Waals surface area (Å²) >= 11 is 12.2. The van der Waals surface area contributed by atoms with Crippen LogP contribution in [0.5, 0.6) is 0 Å². The predicted molar refractivity (Wildman–Crippen MR) is 81.8 cm³/mol. The maximum Gasteiger partial charge on any atom is 0.142 e. The molecule has 0 aliphatic heterocycles. The molecule has 0 heterocycles. The van der Waals surface area contributed by atoms with Gasteiger partial charge in [-0.15, -0.1) is 0 Å². The van der Waals surface area contributed by atoms with Gasteiger partial charge in [-0.2, -0.15) is 0 Å². The number of hydrogen-bond acceptors (Lipinski definition) is 1. The number of hydrogen-bond donors (Lipinski definition) is 1. The van der Waals surface area contributed by atoms with Crippen molar-refractivity contribution in [2.45, 2.75) is 38.6 Å². The SMILES string of the molecule is CC(NCC(C1CC1)C1CC1)c1c(Cl)ccc(F)c1Cl. The lowest BCUT2D eigenvalue weighted by Crippen LogP contribution is -2.28. The smallest absolute Gasteiger partial charge is 0.142 e. The third-order valence-electron chi connectivity index (χ3n) is 4.63. The zero-order chi connectivity index (χ0) is 14.3. The molecule has 1 N–H and O–H groups in total. The molecule has 2 aliphatic rings. The van der Waals surface area contributed by atoms with E-state index in [0.29, 0.717) is 10.6 Å². The van der Waals surface area contributed by atoms with Crippen molar-refractivity contribution < 1.29 is 4.39 Å². The molecule has 2 saturated carbocycles. The Labute approximate surface area is 129 Å². The van der Waals surface area contributed by atoms with Gasteiger partial charge in [-0.3, -0.25) is 0 Å². The van der Waals surface area contributed by atoms with Crippen LogP contribution in [0.25, 0.3) is 0 Å². The van der Waals surface area contributed by atoms with E-state index in [4.69, 9.17) is 23.2 Å². The largest absolute Gasteiger partial charge is 0.310 e. The van der Waals surface area contributed by atoms with E-state index in [2.05, 4.69) is 5.32 Å². The Morgan fingerprint density at radius 2 is 1.80 bits per heavy atom. The summed E-state index contributed by atoms with van der Waals surface area (Å²) < 4.78 is 13.6. The zero-order valence-electron chi connectivity index (χ0n) is 11.6. The van der Waals surface area contributed by atoms with Crippen LogP contribution in [0, 0.1) is 23.6 Å². The van der Waals surface area contributed by atoms with Gasteiger partial charge in [0.25, 0.3) is 0 Å². The van der Waals surface area contributed by atoms with Gasteiger partial charge in [-0.05, 0) is 69.0 Å². The monoisotopic (exact) mass is 315 g/mol. The minimum Gasteiger partial charge on any atom is -0.310 e. The Balaban J connectivity index is 1.66. The molecule has 0 bridgehead atoms. The molecule has 3 rings (SSSR count). The van der Waals surface area contributed by atoms with E-state index in [1.165, 1.54) is 31.7 Å². The predicted octanol–water partition coefficient (Wildman–Crippen LogP) is 5.22. The molecule has 0 spiro atoms. The van der Waals surface area contributed by atoms with Crippen molar-refractivity contribution in [3.63, 3.8) is 0 Å². The van der Waals surface area contributed by atoms with Crippen molar-refractivity contribution in [1.82, 2.24) is 5.32 Å². The van der Waals surface area contributed by atoms with Crippen LogP contribution in [0.4, 0.5) is 4.39 Å². The summed E-state index contributed by atoms with van der Waals surface area (Å²) in [4.78, 5) is 0. The van der Waals surface area contributed by atoms with Crippen molar-refractivity contribution in [1.29, 1.82) is 0 Å². The lowest BCUT2D eigenvalue weighted by Gasteiger charge is -2.22. The van der Waals surface area contributed by atoms with Crippen LogP contribution >= 0.6 is 23.2 Å². The lowest BCUT2D eigenvalue weighted by atomic mass is 9.97. The Morgan fingerprint density at radius 1 is 1.20 bits per heavy atom. The molecule has 1 nitrogen and oxygen atoms in total. The van der Waals surface area contributed by atoms with E-state index in [1.807, 2.05) is 6.92 Å². The normalized spacial score (nSPS) is 20.4. The molecular formula is C16H20Cl2FN. The van der Waals surface area contributed by atoms with Gasteiger partial charge < -0.3 is 5.32 Å². The summed E-state index contributed by atoms with van der Waals surface area (Å²) in [7, 11) is 0. The first-order chi connectivity index (χ1) is 9.58. The van der Waals surface area contributed by atoms with Gasteiger partial charge in [0.2, 0.25) is 0 Å². The third kappa shape index (κ3) is 3.13. The van der Waals surface area contributed by atoms with Crippen molar-refractivity contribution in [2.75, 3.05) is 6.54 Å². The van der Waals surface area contributed by atoms with Gasteiger partial charge in [0.15, 0.2) is 0 Å². The molecule has 20 heavy (non-hydrogen) atoms. The van der Waals surface area contributed by atoms with E-state index >= 15 is 0 Å². The highest BCUT2D eigenvalue weighted by atomic mass is 35.5. The second-order valence-corrected chi connectivity index (χ2v) is 7.01. The Kier molecular flexibility index (Phi) is 4.26. The minimum atomic E-state index is -0.402. The van der Waals surface area contributed by atoms with Crippen LogP contribution in [0.15, 0.2) is 12.1 Å². The number of benzene rings is 1. The number of nitrogens with one attached hydrogen (secondary N) is 1. The Hall–Kier alpha value is -0.310. The van der Waals surface area contributed by atoms with Crippen molar-refractivity contribution in [2.24, 2.45) is 17.8 Å². The average Bonchev–Trinajstić information content (AvgIpc) is 3.26. The molecule has 1 aromatic rings. The summed E-state index contributed by atoms with van der Waals surface area (Å²) in [6, 6.07) is 2.87.